The zero-order valence-corrected chi connectivity index (χ0v) is 41.4. The Morgan fingerprint density at radius 3 is 1.12 bits per heavy atom. The van der Waals surface area contributed by atoms with Gasteiger partial charge in [-0.1, -0.05) is 214 Å². The molecule has 0 aromatic rings. The molecule has 0 aromatic carbocycles. The maximum absolute atomic E-state index is 13.0. The van der Waals surface area contributed by atoms with Crippen molar-refractivity contribution in [2.75, 3.05) is 46.0 Å². The van der Waals surface area contributed by atoms with Crippen LogP contribution in [0.5, 0.6) is 0 Å². The lowest BCUT2D eigenvalue weighted by Gasteiger charge is -2.38. The summed E-state index contributed by atoms with van der Waals surface area (Å²) in [6, 6.07) is 0. The van der Waals surface area contributed by atoms with Crippen molar-refractivity contribution in [2.24, 2.45) is 0 Å². The van der Waals surface area contributed by atoms with E-state index in [1.807, 2.05) is 0 Å². The Morgan fingerprint density at radius 1 is 0.433 bits per heavy atom. The predicted molar refractivity (Wildman–Crippen MR) is 252 cm³/mol. The molecule has 0 saturated heterocycles. The summed E-state index contributed by atoms with van der Waals surface area (Å²) in [4.78, 5) is 36.1. The van der Waals surface area contributed by atoms with Gasteiger partial charge in [0, 0.05) is 12.8 Å². The SMILES string of the molecule is CCCCCCCCCCCCCCCCCC(=O)OCC(COP(=O)(O)OCC[N+](CCC)(CCC)CCC)OC(=O)CCCCCCCCCCCCCCCCC. The summed E-state index contributed by atoms with van der Waals surface area (Å²) >= 11 is 0. The van der Waals surface area contributed by atoms with E-state index in [0.717, 1.165) is 81.9 Å². The number of unbranched alkanes of at least 4 members (excludes halogenated alkanes) is 28. The smallest absolute Gasteiger partial charge is 0.462 e. The zero-order chi connectivity index (χ0) is 44.3. The van der Waals surface area contributed by atoms with Gasteiger partial charge in [-0.3, -0.25) is 18.6 Å². The highest BCUT2D eigenvalue weighted by atomic mass is 31.2. The van der Waals surface area contributed by atoms with Crippen LogP contribution in [-0.2, 0) is 32.7 Å². The molecule has 0 aliphatic rings. The molecule has 2 atom stereocenters. The van der Waals surface area contributed by atoms with E-state index in [-0.39, 0.29) is 32.2 Å². The van der Waals surface area contributed by atoms with Crippen LogP contribution in [0.4, 0.5) is 0 Å². The molecule has 0 radical (unpaired) electrons. The summed E-state index contributed by atoms with van der Waals surface area (Å²) in [5, 5.41) is 0. The third-order valence-electron chi connectivity index (χ3n) is 12.0. The van der Waals surface area contributed by atoms with Crippen LogP contribution in [0.25, 0.3) is 0 Å². The Balaban J connectivity index is 4.64. The average Bonchev–Trinajstić information content (AvgIpc) is 3.22. The summed E-state index contributed by atoms with van der Waals surface area (Å²) < 4.78 is 35.8. The second-order valence-corrected chi connectivity index (χ2v) is 19.5. The third kappa shape index (κ3) is 38.7. The molecule has 0 spiro atoms. The van der Waals surface area contributed by atoms with Crippen molar-refractivity contribution >= 4 is 19.8 Å². The van der Waals surface area contributed by atoms with E-state index < -0.39 is 19.9 Å². The number of carbonyl (C=O) groups is 2. The van der Waals surface area contributed by atoms with Gasteiger partial charge >= 0.3 is 19.8 Å². The summed E-state index contributed by atoms with van der Waals surface area (Å²) in [6.45, 7) is 14.1. The Morgan fingerprint density at radius 2 is 0.767 bits per heavy atom. The molecule has 0 rings (SSSR count). The summed E-state index contributed by atoms with van der Waals surface area (Å²) in [7, 11) is -4.42. The first kappa shape index (κ1) is 59.0. The molecule has 0 fully saturated rings. The van der Waals surface area contributed by atoms with Gasteiger partial charge in [0.05, 0.1) is 26.2 Å². The molecule has 0 aliphatic carbocycles. The molecule has 0 amide bonds. The molecule has 0 aromatic heterocycles. The van der Waals surface area contributed by atoms with Crippen molar-refractivity contribution in [3.8, 4) is 0 Å². The van der Waals surface area contributed by atoms with Gasteiger partial charge in [-0.05, 0) is 32.1 Å². The predicted octanol–water partition coefficient (Wildman–Crippen LogP) is 15.1. The van der Waals surface area contributed by atoms with Gasteiger partial charge in [-0.25, -0.2) is 4.57 Å². The standard InChI is InChI=1S/C50H100NO8P/c1-6-11-13-15-17-19-21-23-25-27-29-31-33-35-37-39-49(52)56-46-48(47-58-60(54,55)57-45-44-51(41-8-3,42-9-4)43-10-5)59-50(53)40-38-36-34-32-30-28-26-24-22-20-18-16-14-12-7-2/h48H,6-47H2,1-5H3/p+1. The van der Waals surface area contributed by atoms with Crippen molar-refractivity contribution < 1.29 is 42.1 Å². The first-order valence-corrected chi connectivity index (χ1v) is 27.5. The lowest BCUT2D eigenvalue weighted by atomic mass is 10.0. The number of nitrogens with zero attached hydrogens (tertiary/aromatic N) is 1. The maximum atomic E-state index is 13.0. The van der Waals surface area contributed by atoms with E-state index in [0.29, 0.717) is 13.0 Å². The number of esters is 2. The Kier molecular flexibility index (Phi) is 42.6. The van der Waals surface area contributed by atoms with E-state index >= 15 is 0 Å². The molecule has 2 unspecified atom stereocenters. The van der Waals surface area contributed by atoms with E-state index in [1.165, 1.54) is 154 Å². The molecule has 9 nitrogen and oxygen atoms in total. The van der Waals surface area contributed by atoms with Crippen LogP contribution >= 0.6 is 7.82 Å². The van der Waals surface area contributed by atoms with Gasteiger partial charge < -0.3 is 18.9 Å². The van der Waals surface area contributed by atoms with Crippen molar-refractivity contribution in [3.63, 3.8) is 0 Å². The van der Waals surface area contributed by atoms with Crippen molar-refractivity contribution in [2.45, 2.75) is 265 Å². The van der Waals surface area contributed by atoms with Crippen LogP contribution < -0.4 is 0 Å². The fourth-order valence-corrected chi connectivity index (χ4v) is 9.30. The number of phosphoric acid groups is 1. The first-order valence-electron chi connectivity index (χ1n) is 26.0. The first-order chi connectivity index (χ1) is 29.2. The van der Waals surface area contributed by atoms with E-state index in [1.54, 1.807) is 0 Å². The quantitative estimate of drug-likeness (QED) is 0.0279. The highest BCUT2D eigenvalue weighted by Gasteiger charge is 2.30. The number of quaternary nitrogens is 1. The number of ether oxygens (including phenoxy) is 2. The maximum Gasteiger partial charge on any atom is 0.472 e. The van der Waals surface area contributed by atoms with Gasteiger partial charge in [-0.15, -0.1) is 0 Å². The molecule has 0 heterocycles. The Hall–Kier alpha value is -0.990. The topological polar surface area (TPSA) is 108 Å². The van der Waals surface area contributed by atoms with Gasteiger partial charge in [0.2, 0.25) is 0 Å². The molecule has 60 heavy (non-hydrogen) atoms. The molecule has 0 bridgehead atoms. The fraction of sp³-hybridized carbons (Fsp3) is 0.960. The van der Waals surface area contributed by atoms with E-state index in [4.69, 9.17) is 18.5 Å². The van der Waals surface area contributed by atoms with Crippen LogP contribution in [0.3, 0.4) is 0 Å². The zero-order valence-electron chi connectivity index (χ0n) is 40.5. The van der Waals surface area contributed by atoms with Gasteiger partial charge in [-0.2, -0.15) is 0 Å². The lowest BCUT2D eigenvalue weighted by Crippen LogP contribution is -2.51. The second-order valence-electron chi connectivity index (χ2n) is 18.0. The van der Waals surface area contributed by atoms with Gasteiger partial charge in [0.1, 0.15) is 19.8 Å². The molecule has 358 valence electrons. The molecule has 0 aliphatic heterocycles. The average molecular weight is 875 g/mol. The molecular formula is C50H101NO8P+. The van der Waals surface area contributed by atoms with Crippen molar-refractivity contribution in [1.82, 2.24) is 0 Å². The molecule has 10 heteroatoms. The normalized spacial score (nSPS) is 13.4. The van der Waals surface area contributed by atoms with Crippen LogP contribution in [0.1, 0.15) is 259 Å². The van der Waals surface area contributed by atoms with Crippen LogP contribution in [0.2, 0.25) is 0 Å². The van der Waals surface area contributed by atoms with Crippen LogP contribution in [-0.4, -0.2) is 73.4 Å². The number of hydrogen-bond acceptors (Lipinski definition) is 7. The van der Waals surface area contributed by atoms with E-state index in [9.17, 15) is 19.0 Å². The Bertz CT molecular complexity index is 980. The summed E-state index contributed by atoms with van der Waals surface area (Å²) in [5.74, 6) is -0.764. The fourth-order valence-electron chi connectivity index (χ4n) is 8.56. The minimum Gasteiger partial charge on any atom is -0.462 e. The molecular weight excluding hydrogens is 774 g/mol. The van der Waals surface area contributed by atoms with Crippen molar-refractivity contribution in [1.29, 1.82) is 0 Å². The summed E-state index contributed by atoms with van der Waals surface area (Å²) in [5.41, 5.74) is 0. The minimum absolute atomic E-state index is 0.0890. The third-order valence-corrected chi connectivity index (χ3v) is 13.0. The van der Waals surface area contributed by atoms with Gasteiger partial charge in [0.25, 0.3) is 0 Å². The Labute approximate surface area is 372 Å². The van der Waals surface area contributed by atoms with E-state index in [2.05, 4.69) is 34.6 Å². The van der Waals surface area contributed by atoms with Gasteiger partial charge in [0.15, 0.2) is 6.10 Å². The van der Waals surface area contributed by atoms with Crippen LogP contribution in [0, 0.1) is 0 Å². The second kappa shape index (κ2) is 43.3. The highest BCUT2D eigenvalue weighted by Crippen LogP contribution is 2.43. The number of carbonyl (C=O) groups excluding carboxylic acids is 2. The monoisotopic (exact) mass is 875 g/mol. The number of rotatable bonds is 48. The minimum atomic E-state index is -4.42. The van der Waals surface area contributed by atoms with Crippen LogP contribution in [0.15, 0.2) is 0 Å². The molecule has 1 N–H and O–H groups in total. The lowest BCUT2D eigenvalue weighted by molar-refractivity contribution is -0.928. The highest BCUT2D eigenvalue weighted by molar-refractivity contribution is 7.47. The largest absolute Gasteiger partial charge is 0.472 e. The number of hydrogen-bond donors (Lipinski definition) is 1. The van der Waals surface area contributed by atoms with Crippen molar-refractivity contribution in [3.05, 3.63) is 0 Å². The number of phosphoric ester groups is 1. The molecule has 0 saturated carbocycles. The summed E-state index contributed by atoms with van der Waals surface area (Å²) in [6.07, 6.45) is 40.2.